The fourth-order valence-corrected chi connectivity index (χ4v) is 2.05. The highest BCUT2D eigenvalue weighted by molar-refractivity contribution is 7.14. The quantitative estimate of drug-likeness (QED) is 0.874. The van der Waals surface area contributed by atoms with E-state index in [1.807, 2.05) is 48.6 Å². The van der Waals surface area contributed by atoms with Gasteiger partial charge >= 0.3 is 5.97 Å². The van der Waals surface area contributed by atoms with Crippen molar-refractivity contribution in [3.63, 3.8) is 0 Å². The number of benzene rings is 1. The first-order chi connectivity index (χ1) is 7.75. The van der Waals surface area contributed by atoms with E-state index in [0.717, 1.165) is 10.4 Å². The number of aromatic carboxylic acids is 1. The molecule has 0 saturated carbocycles. The van der Waals surface area contributed by atoms with Crippen LogP contribution in [0.1, 0.15) is 20.1 Å². The van der Waals surface area contributed by atoms with E-state index in [9.17, 15) is 4.79 Å². The normalized spacial score (nSPS) is 10.8. The third-order valence-electron chi connectivity index (χ3n) is 2.08. The molecular formula is C13H10O2S. The fourth-order valence-electron chi connectivity index (χ4n) is 1.30. The van der Waals surface area contributed by atoms with Gasteiger partial charge in [-0.05, 0) is 23.8 Å². The molecule has 0 fully saturated rings. The molecule has 2 aromatic rings. The molecule has 0 atom stereocenters. The monoisotopic (exact) mass is 230 g/mol. The highest BCUT2D eigenvalue weighted by atomic mass is 32.1. The van der Waals surface area contributed by atoms with Crippen LogP contribution >= 0.6 is 11.3 Å². The molecule has 1 aromatic carbocycles. The van der Waals surface area contributed by atoms with E-state index in [4.69, 9.17) is 5.11 Å². The van der Waals surface area contributed by atoms with Gasteiger partial charge in [-0.15, -0.1) is 11.3 Å². The van der Waals surface area contributed by atoms with Crippen molar-refractivity contribution >= 4 is 29.5 Å². The Morgan fingerprint density at radius 2 is 1.81 bits per heavy atom. The zero-order valence-electron chi connectivity index (χ0n) is 8.46. The molecule has 0 unspecified atom stereocenters. The summed E-state index contributed by atoms with van der Waals surface area (Å²) in [5.74, 6) is -0.871. The minimum absolute atomic E-state index is 0.368. The highest BCUT2D eigenvalue weighted by Gasteiger charge is 2.04. The van der Waals surface area contributed by atoms with Crippen LogP contribution in [0.25, 0.3) is 12.2 Å². The van der Waals surface area contributed by atoms with Crippen molar-refractivity contribution in [1.29, 1.82) is 0 Å². The molecule has 0 aliphatic carbocycles. The first-order valence-electron chi connectivity index (χ1n) is 4.82. The predicted molar refractivity (Wildman–Crippen MR) is 66.6 cm³/mol. The highest BCUT2D eigenvalue weighted by Crippen LogP contribution is 2.18. The zero-order valence-corrected chi connectivity index (χ0v) is 9.28. The molecular weight excluding hydrogens is 220 g/mol. The van der Waals surface area contributed by atoms with Gasteiger partial charge in [0.2, 0.25) is 0 Å². The van der Waals surface area contributed by atoms with E-state index in [1.165, 1.54) is 11.3 Å². The minimum atomic E-state index is -0.871. The number of hydrogen-bond acceptors (Lipinski definition) is 2. The van der Waals surface area contributed by atoms with Crippen molar-refractivity contribution in [2.24, 2.45) is 0 Å². The van der Waals surface area contributed by atoms with Gasteiger partial charge in [-0.2, -0.15) is 0 Å². The summed E-state index contributed by atoms with van der Waals surface area (Å²) in [4.78, 5) is 12.0. The molecule has 16 heavy (non-hydrogen) atoms. The molecule has 0 spiro atoms. The molecule has 0 aliphatic rings. The van der Waals surface area contributed by atoms with Gasteiger partial charge in [0, 0.05) is 4.88 Å². The molecule has 1 N–H and O–H groups in total. The Morgan fingerprint density at radius 3 is 2.44 bits per heavy atom. The summed E-state index contributed by atoms with van der Waals surface area (Å²) < 4.78 is 0. The van der Waals surface area contributed by atoms with Crippen molar-refractivity contribution in [3.8, 4) is 0 Å². The van der Waals surface area contributed by atoms with Gasteiger partial charge < -0.3 is 5.11 Å². The van der Waals surface area contributed by atoms with Gasteiger partial charge in [0.25, 0.3) is 0 Å². The third-order valence-corrected chi connectivity index (χ3v) is 3.12. The second-order valence-corrected chi connectivity index (χ2v) is 4.37. The lowest BCUT2D eigenvalue weighted by atomic mass is 10.2. The van der Waals surface area contributed by atoms with Gasteiger partial charge in [0.15, 0.2) is 0 Å². The summed E-state index contributed by atoms with van der Waals surface area (Å²) in [6.45, 7) is 0. The molecule has 3 heteroatoms. The number of carboxylic acids is 1. The molecule has 0 saturated heterocycles. The SMILES string of the molecule is O=C(O)c1ccc(/C=C\c2ccccc2)s1. The largest absolute Gasteiger partial charge is 0.477 e. The van der Waals surface area contributed by atoms with Gasteiger partial charge in [-0.3, -0.25) is 0 Å². The molecule has 0 aliphatic heterocycles. The summed E-state index contributed by atoms with van der Waals surface area (Å²) in [5.41, 5.74) is 1.10. The van der Waals surface area contributed by atoms with Gasteiger partial charge in [-0.1, -0.05) is 36.4 Å². The van der Waals surface area contributed by atoms with Crippen molar-refractivity contribution in [2.75, 3.05) is 0 Å². The summed E-state index contributed by atoms with van der Waals surface area (Å²) in [6.07, 6.45) is 3.89. The zero-order chi connectivity index (χ0) is 11.4. The Hall–Kier alpha value is -1.87. The number of carbonyl (C=O) groups is 1. The Morgan fingerprint density at radius 1 is 1.06 bits per heavy atom. The molecule has 2 rings (SSSR count). The third kappa shape index (κ3) is 2.58. The lowest BCUT2D eigenvalue weighted by Crippen LogP contribution is -1.89. The summed E-state index contributed by atoms with van der Waals surface area (Å²) in [5, 5.41) is 8.77. The van der Waals surface area contributed by atoms with Crippen LogP contribution in [0.4, 0.5) is 0 Å². The summed E-state index contributed by atoms with van der Waals surface area (Å²) in [7, 11) is 0. The van der Waals surface area contributed by atoms with Gasteiger partial charge in [0.1, 0.15) is 4.88 Å². The van der Waals surface area contributed by atoms with Crippen LogP contribution in [0.2, 0.25) is 0 Å². The van der Waals surface area contributed by atoms with Crippen LogP contribution in [-0.2, 0) is 0 Å². The lowest BCUT2D eigenvalue weighted by Gasteiger charge is -1.89. The van der Waals surface area contributed by atoms with Crippen LogP contribution in [0.15, 0.2) is 42.5 Å². The summed E-state index contributed by atoms with van der Waals surface area (Å²) in [6, 6.07) is 13.3. The molecule has 1 aromatic heterocycles. The van der Waals surface area contributed by atoms with Gasteiger partial charge in [-0.25, -0.2) is 4.79 Å². The average Bonchev–Trinajstić information content (AvgIpc) is 2.76. The fraction of sp³-hybridized carbons (Fsp3) is 0. The van der Waals surface area contributed by atoms with Crippen LogP contribution in [0, 0.1) is 0 Å². The maximum absolute atomic E-state index is 10.7. The van der Waals surface area contributed by atoms with Crippen LogP contribution < -0.4 is 0 Å². The second-order valence-electron chi connectivity index (χ2n) is 3.25. The van der Waals surface area contributed by atoms with Crippen molar-refractivity contribution in [3.05, 3.63) is 57.8 Å². The number of rotatable bonds is 3. The average molecular weight is 230 g/mol. The minimum Gasteiger partial charge on any atom is -0.477 e. The smallest absolute Gasteiger partial charge is 0.345 e. The molecule has 80 valence electrons. The first-order valence-corrected chi connectivity index (χ1v) is 5.63. The number of thiophene rings is 1. The second kappa shape index (κ2) is 4.77. The van der Waals surface area contributed by atoms with Crippen LogP contribution in [0.5, 0.6) is 0 Å². The predicted octanol–water partition coefficient (Wildman–Crippen LogP) is 3.62. The summed E-state index contributed by atoms with van der Waals surface area (Å²) >= 11 is 1.27. The molecule has 0 radical (unpaired) electrons. The lowest BCUT2D eigenvalue weighted by molar-refractivity contribution is 0.0702. The van der Waals surface area contributed by atoms with E-state index >= 15 is 0 Å². The van der Waals surface area contributed by atoms with E-state index < -0.39 is 5.97 Å². The van der Waals surface area contributed by atoms with E-state index in [1.54, 1.807) is 6.07 Å². The number of carboxylic acid groups (broad SMARTS) is 1. The van der Waals surface area contributed by atoms with Crippen molar-refractivity contribution in [1.82, 2.24) is 0 Å². The van der Waals surface area contributed by atoms with E-state index in [-0.39, 0.29) is 0 Å². The maximum Gasteiger partial charge on any atom is 0.345 e. The topological polar surface area (TPSA) is 37.3 Å². The van der Waals surface area contributed by atoms with Crippen molar-refractivity contribution < 1.29 is 9.90 Å². The van der Waals surface area contributed by atoms with Crippen molar-refractivity contribution in [2.45, 2.75) is 0 Å². The number of hydrogen-bond donors (Lipinski definition) is 1. The van der Waals surface area contributed by atoms with Gasteiger partial charge in [0.05, 0.1) is 0 Å². The van der Waals surface area contributed by atoms with Crippen LogP contribution in [-0.4, -0.2) is 11.1 Å². The van der Waals surface area contributed by atoms with Crippen LogP contribution in [0.3, 0.4) is 0 Å². The molecule has 0 bridgehead atoms. The van der Waals surface area contributed by atoms with E-state index in [0.29, 0.717) is 4.88 Å². The first kappa shape index (κ1) is 10.6. The Balaban J connectivity index is 2.15. The molecule has 2 nitrogen and oxygen atoms in total. The Kier molecular flexibility index (Phi) is 3.17. The Bertz CT molecular complexity index is 512. The standard InChI is InChI=1S/C13H10O2S/c14-13(15)12-9-8-11(16-12)7-6-10-4-2-1-3-5-10/h1-9H,(H,14,15)/b7-6-. The Labute approximate surface area is 97.5 Å². The molecule has 1 heterocycles. The maximum atomic E-state index is 10.7. The molecule has 0 amide bonds. The van der Waals surface area contributed by atoms with E-state index in [2.05, 4.69) is 0 Å².